The smallest absolute Gasteiger partial charge is 0.150 e. The maximum Gasteiger partial charge on any atom is 0.150 e. The van der Waals surface area contributed by atoms with Crippen LogP contribution in [0.15, 0.2) is 54.6 Å². The maximum absolute atomic E-state index is 11.2. The summed E-state index contributed by atoms with van der Waals surface area (Å²) in [5, 5.41) is 0. The molecule has 0 aromatic heterocycles. The first-order chi connectivity index (χ1) is 8.83. The van der Waals surface area contributed by atoms with Crippen LogP contribution in [0, 0.1) is 0 Å². The van der Waals surface area contributed by atoms with Gasteiger partial charge in [0.05, 0.1) is 7.11 Å². The highest BCUT2D eigenvalue weighted by molar-refractivity contribution is 6.13. The molecule has 0 spiro atoms. The highest BCUT2D eigenvalue weighted by Gasteiger charge is 2.01. The summed E-state index contributed by atoms with van der Waals surface area (Å²) in [6, 6.07) is 17.2. The zero-order chi connectivity index (χ0) is 12.8. The van der Waals surface area contributed by atoms with Crippen LogP contribution in [-0.4, -0.2) is 13.4 Å². The van der Waals surface area contributed by atoms with Gasteiger partial charge < -0.3 is 4.74 Å². The van der Waals surface area contributed by atoms with Crippen molar-refractivity contribution in [2.24, 2.45) is 0 Å². The van der Waals surface area contributed by atoms with Crippen molar-refractivity contribution < 1.29 is 9.53 Å². The van der Waals surface area contributed by atoms with Crippen molar-refractivity contribution in [3.05, 3.63) is 65.7 Å². The number of carbonyl (C=O) groups is 1. The molecule has 0 amide bonds. The molecular weight excluding hydrogens is 224 g/mol. The lowest BCUT2D eigenvalue weighted by molar-refractivity contribution is -0.103. The molecule has 0 aliphatic heterocycles. The molecule has 18 heavy (non-hydrogen) atoms. The van der Waals surface area contributed by atoms with Gasteiger partial charge in [-0.15, -0.1) is 0 Å². The van der Waals surface area contributed by atoms with Crippen LogP contribution >= 0.6 is 0 Å². The van der Waals surface area contributed by atoms with Gasteiger partial charge >= 0.3 is 0 Å². The zero-order valence-electron chi connectivity index (χ0n) is 10.2. The summed E-state index contributed by atoms with van der Waals surface area (Å²) in [4.78, 5) is 11.2. The van der Waals surface area contributed by atoms with E-state index in [0.29, 0.717) is 5.57 Å². The van der Waals surface area contributed by atoms with Crippen molar-refractivity contribution in [3.63, 3.8) is 0 Å². The summed E-state index contributed by atoms with van der Waals surface area (Å²) >= 11 is 0. The molecule has 2 aromatic carbocycles. The molecule has 0 radical (unpaired) electrons. The average Bonchev–Trinajstić information content (AvgIpc) is 2.46. The number of hydrogen-bond acceptors (Lipinski definition) is 2. The molecule has 0 saturated heterocycles. The van der Waals surface area contributed by atoms with Gasteiger partial charge in [-0.2, -0.15) is 0 Å². The fraction of sp³-hybridized carbons (Fsp3) is 0.0625. The highest BCUT2D eigenvalue weighted by Crippen LogP contribution is 2.19. The van der Waals surface area contributed by atoms with E-state index in [-0.39, 0.29) is 0 Å². The van der Waals surface area contributed by atoms with Crippen LogP contribution in [0.1, 0.15) is 11.1 Å². The molecule has 2 heteroatoms. The van der Waals surface area contributed by atoms with Crippen LogP contribution < -0.4 is 4.74 Å². The van der Waals surface area contributed by atoms with Crippen molar-refractivity contribution >= 4 is 17.9 Å². The Morgan fingerprint density at radius 3 is 2.22 bits per heavy atom. The predicted molar refractivity (Wildman–Crippen MR) is 73.4 cm³/mol. The number of ether oxygens (including phenoxy) is 1. The van der Waals surface area contributed by atoms with Gasteiger partial charge in [-0.3, -0.25) is 4.79 Å². The summed E-state index contributed by atoms with van der Waals surface area (Å²) in [7, 11) is 1.62. The van der Waals surface area contributed by atoms with E-state index >= 15 is 0 Å². The number of benzene rings is 2. The van der Waals surface area contributed by atoms with Gasteiger partial charge in [-0.05, 0) is 29.3 Å². The van der Waals surface area contributed by atoms with Gasteiger partial charge in [-0.1, -0.05) is 42.5 Å². The third-order valence-electron chi connectivity index (χ3n) is 2.67. The monoisotopic (exact) mass is 238 g/mol. The standard InChI is InChI=1S/C16H14O2/c1-18-16-9-7-14(8-10-16)15(12-17)11-13-5-3-2-4-6-13/h2-12H,1H3/b15-11-. The first-order valence-electron chi connectivity index (χ1n) is 5.70. The lowest BCUT2D eigenvalue weighted by atomic mass is 10.0. The van der Waals surface area contributed by atoms with Crippen LogP contribution in [0.2, 0.25) is 0 Å². The molecule has 2 aromatic rings. The van der Waals surface area contributed by atoms with Crippen molar-refractivity contribution in [2.45, 2.75) is 0 Å². The van der Waals surface area contributed by atoms with Crippen molar-refractivity contribution in [1.29, 1.82) is 0 Å². The lowest BCUT2D eigenvalue weighted by Gasteiger charge is -2.03. The minimum Gasteiger partial charge on any atom is -0.497 e. The van der Waals surface area contributed by atoms with Gasteiger partial charge in [-0.25, -0.2) is 0 Å². The minimum atomic E-state index is 0.656. The van der Waals surface area contributed by atoms with E-state index in [4.69, 9.17) is 4.74 Å². The molecule has 0 N–H and O–H groups in total. The number of methoxy groups -OCH3 is 1. The Morgan fingerprint density at radius 1 is 1.00 bits per heavy atom. The molecule has 0 aliphatic carbocycles. The molecule has 0 aliphatic rings. The second kappa shape index (κ2) is 5.82. The number of hydrogen-bond donors (Lipinski definition) is 0. The second-order valence-electron chi connectivity index (χ2n) is 3.86. The Labute approximate surface area is 107 Å². The molecule has 90 valence electrons. The van der Waals surface area contributed by atoms with E-state index in [0.717, 1.165) is 23.2 Å². The van der Waals surface area contributed by atoms with Crippen LogP contribution in [0.3, 0.4) is 0 Å². The second-order valence-corrected chi connectivity index (χ2v) is 3.86. The van der Waals surface area contributed by atoms with Crippen molar-refractivity contribution in [1.82, 2.24) is 0 Å². The third kappa shape index (κ3) is 2.86. The number of rotatable bonds is 4. The maximum atomic E-state index is 11.2. The van der Waals surface area contributed by atoms with E-state index in [1.165, 1.54) is 0 Å². The average molecular weight is 238 g/mol. The molecule has 0 heterocycles. The topological polar surface area (TPSA) is 26.3 Å². The summed E-state index contributed by atoms with van der Waals surface area (Å²) in [6.07, 6.45) is 2.74. The Balaban J connectivity index is 2.33. The van der Waals surface area contributed by atoms with Crippen molar-refractivity contribution in [2.75, 3.05) is 7.11 Å². The van der Waals surface area contributed by atoms with Crippen molar-refractivity contribution in [3.8, 4) is 5.75 Å². The molecule has 0 saturated carbocycles. The van der Waals surface area contributed by atoms with E-state index in [9.17, 15) is 4.79 Å². The van der Waals surface area contributed by atoms with E-state index in [1.54, 1.807) is 7.11 Å². The quantitative estimate of drug-likeness (QED) is 0.463. The predicted octanol–water partition coefficient (Wildman–Crippen LogP) is 3.43. The lowest BCUT2D eigenvalue weighted by Crippen LogP contribution is -1.87. The summed E-state index contributed by atoms with van der Waals surface area (Å²) in [5.74, 6) is 0.781. The fourth-order valence-electron chi connectivity index (χ4n) is 1.70. The number of allylic oxidation sites excluding steroid dienone is 1. The normalized spacial score (nSPS) is 11.1. The van der Waals surface area contributed by atoms with Gasteiger partial charge in [0.25, 0.3) is 0 Å². The SMILES string of the molecule is COc1ccc(/C(C=O)=C\c2ccccc2)cc1. The molecule has 2 nitrogen and oxygen atoms in total. The molecular formula is C16H14O2. The third-order valence-corrected chi connectivity index (χ3v) is 2.67. The van der Waals surface area contributed by atoms with Gasteiger partial charge in [0, 0.05) is 5.57 Å². The number of aldehydes is 1. The van der Waals surface area contributed by atoms with E-state index in [1.807, 2.05) is 60.7 Å². The Kier molecular flexibility index (Phi) is 3.92. The summed E-state index contributed by atoms with van der Waals surface area (Å²) < 4.78 is 5.09. The van der Waals surface area contributed by atoms with Gasteiger partial charge in [0.15, 0.2) is 6.29 Å². The first-order valence-corrected chi connectivity index (χ1v) is 5.70. The highest BCUT2D eigenvalue weighted by atomic mass is 16.5. The Morgan fingerprint density at radius 2 is 1.67 bits per heavy atom. The molecule has 0 bridgehead atoms. The molecule has 0 atom stereocenters. The van der Waals surface area contributed by atoms with Crippen LogP contribution in [0.25, 0.3) is 11.6 Å². The van der Waals surface area contributed by atoms with E-state index in [2.05, 4.69) is 0 Å². The van der Waals surface area contributed by atoms with Gasteiger partial charge in [0.2, 0.25) is 0 Å². The van der Waals surface area contributed by atoms with Gasteiger partial charge in [0.1, 0.15) is 5.75 Å². The Hall–Kier alpha value is -2.35. The molecule has 0 unspecified atom stereocenters. The zero-order valence-corrected chi connectivity index (χ0v) is 10.2. The summed E-state index contributed by atoms with van der Waals surface area (Å²) in [5.41, 5.74) is 2.55. The molecule has 2 rings (SSSR count). The summed E-state index contributed by atoms with van der Waals surface area (Å²) in [6.45, 7) is 0. The largest absolute Gasteiger partial charge is 0.497 e. The first kappa shape index (κ1) is 12.1. The van der Waals surface area contributed by atoms with Crippen LogP contribution in [-0.2, 0) is 4.79 Å². The fourth-order valence-corrected chi connectivity index (χ4v) is 1.70. The van der Waals surface area contributed by atoms with Crippen LogP contribution in [0.5, 0.6) is 5.75 Å². The minimum absolute atomic E-state index is 0.656. The van der Waals surface area contributed by atoms with E-state index < -0.39 is 0 Å². The number of carbonyl (C=O) groups excluding carboxylic acids is 1. The molecule has 0 fully saturated rings. The Bertz CT molecular complexity index is 539. The van der Waals surface area contributed by atoms with Crippen LogP contribution in [0.4, 0.5) is 0 Å².